The zero-order valence-corrected chi connectivity index (χ0v) is 18.8. The third-order valence-electron chi connectivity index (χ3n) is 5.55. The van der Waals surface area contributed by atoms with Crippen LogP contribution in [0.2, 0.25) is 0 Å². The minimum absolute atomic E-state index is 0.0125. The summed E-state index contributed by atoms with van der Waals surface area (Å²) in [6.07, 6.45) is 0.429. The van der Waals surface area contributed by atoms with Crippen molar-refractivity contribution in [2.75, 3.05) is 6.54 Å². The van der Waals surface area contributed by atoms with Gasteiger partial charge in [-0.3, -0.25) is 29.4 Å². The van der Waals surface area contributed by atoms with E-state index in [9.17, 15) is 24.3 Å². The first kappa shape index (κ1) is 24.1. The first-order valence-electron chi connectivity index (χ1n) is 11.0. The summed E-state index contributed by atoms with van der Waals surface area (Å²) in [6.45, 7) is 4.18. The number of hydrogen-bond donors (Lipinski definition) is 3. The van der Waals surface area contributed by atoms with Crippen molar-refractivity contribution >= 4 is 23.7 Å². The minimum Gasteiger partial charge on any atom is -0.480 e. The van der Waals surface area contributed by atoms with Crippen LogP contribution in [0.25, 0.3) is 0 Å². The van der Waals surface area contributed by atoms with Crippen molar-refractivity contribution in [3.63, 3.8) is 0 Å². The highest BCUT2D eigenvalue weighted by molar-refractivity contribution is 6.21. The monoisotopic (exact) mass is 451 g/mol. The highest BCUT2D eigenvalue weighted by Crippen LogP contribution is 2.22. The molecule has 2 aromatic rings. The summed E-state index contributed by atoms with van der Waals surface area (Å²) in [4.78, 5) is 50.9. The van der Waals surface area contributed by atoms with E-state index in [0.717, 1.165) is 10.5 Å². The fraction of sp³-hybridized carbons (Fsp3) is 0.360. The third kappa shape index (κ3) is 6.04. The first-order chi connectivity index (χ1) is 15.8. The van der Waals surface area contributed by atoms with E-state index in [2.05, 4.69) is 10.6 Å². The van der Waals surface area contributed by atoms with E-state index in [1.165, 1.54) is 0 Å². The van der Waals surface area contributed by atoms with E-state index in [4.69, 9.17) is 0 Å². The largest absolute Gasteiger partial charge is 0.480 e. The van der Waals surface area contributed by atoms with Gasteiger partial charge in [-0.1, -0.05) is 56.3 Å². The molecule has 1 aliphatic rings. The van der Waals surface area contributed by atoms with E-state index in [1.54, 1.807) is 24.3 Å². The van der Waals surface area contributed by atoms with Crippen LogP contribution in [0.15, 0.2) is 54.6 Å². The molecule has 3 N–H and O–H groups in total. The van der Waals surface area contributed by atoms with Crippen LogP contribution in [0.4, 0.5) is 0 Å². The summed E-state index contributed by atoms with van der Waals surface area (Å²) < 4.78 is 0. The van der Waals surface area contributed by atoms with Gasteiger partial charge in [0.05, 0.1) is 17.2 Å². The van der Waals surface area contributed by atoms with Gasteiger partial charge in [0.1, 0.15) is 6.04 Å². The molecule has 0 aliphatic carbocycles. The molecule has 174 valence electrons. The second-order valence-electron chi connectivity index (χ2n) is 8.54. The van der Waals surface area contributed by atoms with E-state index in [0.29, 0.717) is 24.1 Å². The van der Waals surface area contributed by atoms with Gasteiger partial charge in [-0.25, -0.2) is 0 Å². The molecule has 1 aliphatic heterocycles. The number of carboxylic acid groups (broad SMARTS) is 1. The van der Waals surface area contributed by atoms with Crippen molar-refractivity contribution in [3.8, 4) is 0 Å². The van der Waals surface area contributed by atoms with Crippen LogP contribution >= 0.6 is 0 Å². The molecule has 1 heterocycles. The van der Waals surface area contributed by atoms with Gasteiger partial charge in [0.2, 0.25) is 5.91 Å². The van der Waals surface area contributed by atoms with Gasteiger partial charge in [0.25, 0.3) is 11.8 Å². The molecule has 0 saturated carbocycles. The topological polar surface area (TPSA) is 116 Å². The Hall–Kier alpha value is -3.52. The Balaban J connectivity index is 1.64. The van der Waals surface area contributed by atoms with Crippen molar-refractivity contribution in [1.82, 2.24) is 15.5 Å². The van der Waals surface area contributed by atoms with Crippen LogP contribution in [-0.4, -0.2) is 52.3 Å². The Labute approximate surface area is 193 Å². The lowest BCUT2D eigenvalue weighted by molar-refractivity contribution is -0.140. The maximum absolute atomic E-state index is 12.8. The predicted octanol–water partition coefficient (Wildman–Crippen LogP) is 2.45. The number of hydrogen-bond acceptors (Lipinski definition) is 5. The fourth-order valence-electron chi connectivity index (χ4n) is 3.85. The number of benzene rings is 2. The van der Waals surface area contributed by atoms with Crippen LogP contribution in [-0.2, 0) is 16.1 Å². The zero-order valence-electron chi connectivity index (χ0n) is 18.8. The number of carboxylic acids is 1. The number of rotatable bonds is 11. The number of fused-ring (bicyclic) bond motifs is 1. The minimum atomic E-state index is -1.14. The van der Waals surface area contributed by atoms with Crippen molar-refractivity contribution in [3.05, 3.63) is 71.3 Å². The maximum Gasteiger partial charge on any atom is 0.320 e. The molecule has 0 fully saturated rings. The van der Waals surface area contributed by atoms with Gasteiger partial charge in [-0.15, -0.1) is 0 Å². The lowest BCUT2D eigenvalue weighted by Crippen LogP contribution is -2.52. The molecule has 0 radical (unpaired) electrons. The van der Waals surface area contributed by atoms with Crippen LogP contribution in [0.1, 0.15) is 53.0 Å². The SMILES string of the molecule is CC(C)C[C@H](N[C@H](CCN1C(=O)c2ccccc2C1=O)C(=O)O)C(=O)NCc1ccccc1. The highest BCUT2D eigenvalue weighted by atomic mass is 16.4. The van der Waals surface area contributed by atoms with E-state index >= 15 is 0 Å². The van der Waals surface area contributed by atoms with Crippen LogP contribution in [0.3, 0.4) is 0 Å². The Bertz CT molecular complexity index is 987. The summed E-state index contributed by atoms with van der Waals surface area (Å²) in [5, 5.41) is 15.5. The number of carbonyl (C=O) groups excluding carboxylic acids is 3. The maximum atomic E-state index is 12.8. The molecule has 0 saturated heterocycles. The van der Waals surface area contributed by atoms with Gasteiger partial charge in [-0.05, 0) is 36.5 Å². The van der Waals surface area contributed by atoms with E-state index < -0.39 is 29.9 Å². The van der Waals surface area contributed by atoms with Crippen LogP contribution in [0.5, 0.6) is 0 Å². The molecule has 2 atom stereocenters. The highest BCUT2D eigenvalue weighted by Gasteiger charge is 2.36. The Morgan fingerprint density at radius 1 is 0.909 bits per heavy atom. The Morgan fingerprint density at radius 3 is 2.03 bits per heavy atom. The van der Waals surface area contributed by atoms with Crippen molar-refractivity contribution in [1.29, 1.82) is 0 Å². The molecule has 33 heavy (non-hydrogen) atoms. The lowest BCUT2D eigenvalue weighted by atomic mass is 10.0. The molecule has 2 aromatic carbocycles. The molecule has 0 unspecified atom stereocenters. The molecule has 0 bridgehead atoms. The Morgan fingerprint density at radius 2 is 1.48 bits per heavy atom. The number of nitrogens with one attached hydrogen (secondary N) is 2. The molecular weight excluding hydrogens is 422 g/mol. The average molecular weight is 452 g/mol. The smallest absolute Gasteiger partial charge is 0.320 e. The standard InChI is InChI=1S/C25H29N3O5/c1-16(2)14-21(22(29)26-15-17-8-4-3-5-9-17)27-20(25(32)33)12-13-28-23(30)18-10-6-7-11-19(18)24(28)31/h3-11,16,20-21,27H,12-15H2,1-2H3,(H,26,29)(H,32,33)/t20-,21+/m1/s1. The van der Waals surface area contributed by atoms with E-state index in [-0.39, 0.29) is 24.8 Å². The normalized spacial score (nSPS) is 14.8. The summed E-state index contributed by atoms with van der Waals surface area (Å²) >= 11 is 0. The van der Waals surface area contributed by atoms with Crippen molar-refractivity contribution in [2.24, 2.45) is 5.92 Å². The summed E-state index contributed by atoms with van der Waals surface area (Å²) in [6, 6.07) is 14.1. The summed E-state index contributed by atoms with van der Waals surface area (Å²) in [7, 11) is 0. The average Bonchev–Trinajstić information content (AvgIpc) is 3.04. The first-order valence-corrected chi connectivity index (χ1v) is 11.0. The second-order valence-corrected chi connectivity index (χ2v) is 8.54. The molecular formula is C25H29N3O5. The van der Waals surface area contributed by atoms with E-state index in [1.807, 2.05) is 44.2 Å². The number of carbonyl (C=O) groups is 4. The summed E-state index contributed by atoms with van der Waals surface area (Å²) in [5.41, 5.74) is 1.58. The zero-order chi connectivity index (χ0) is 24.0. The Kier molecular flexibility index (Phi) is 7.95. The van der Waals surface area contributed by atoms with Gasteiger partial charge in [0, 0.05) is 13.1 Å². The quantitative estimate of drug-likeness (QED) is 0.452. The lowest BCUT2D eigenvalue weighted by Gasteiger charge is -2.25. The van der Waals surface area contributed by atoms with Gasteiger partial charge in [-0.2, -0.15) is 0 Å². The molecule has 8 heteroatoms. The van der Waals surface area contributed by atoms with Gasteiger partial charge >= 0.3 is 5.97 Å². The number of amides is 3. The molecule has 3 rings (SSSR count). The molecule has 0 aromatic heterocycles. The number of nitrogens with zero attached hydrogens (tertiary/aromatic N) is 1. The molecule has 0 spiro atoms. The van der Waals surface area contributed by atoms with Gasteiger partial charge in [0.15, 0.2) is 0 Å². The molecule has 3 amide bonds. The fourth-order valence-corrected chi connectivity index (χ4v) is 3.85. The summed E-state index contributed by atoms with van der Waals surface area (Å²) in [5.74, 6) is -2.15. The van der Waals surface area contributed by atoms with Crippen LogP contribution < -0.4 is 10.6 Å². The van der Waals surface area contributed by atoms with Crippen LogP contribution in [0, 0.1) is 5.92 Å². The van der Waals surface area contributed by atoms with Crippen molar-refractivity contribution < 1.29 is 24.3 Å². The second kappa shape index (κ2) is 10.9. The van der Waals surface area contributed by atoms with Gasteiger partial charge < -0.3 is 10.4 Å². The predicted molar refractivity (Wildman–Crippen MR) is 123 cm³/mol. The number of imide groups is 1. The molecule has 8 nitrogen and oxygen atoms in total. The van der Waals surface area contributed by atoms with Crippen molar-refractivity contribution in [2.45, 2.75) is 45.3 Å². The third-order valence-corrected chi connectivity index (χ3v) is 5.55. The number of aliphatic carboxylic acids is 1.